The monoisotopic (exact) mass is 394 g/mol. The van der Waals surface area contributed by atoms with E-state index in [1.165, 1.54) is 23.6 Å². The van der Waals surface area contributed by atoms with Gasteiger partial charge in [-0.25, -0.2) is 0 Å². The first-order valence-corrected chi connectivity index (χ1v) is 9.36. The van der Waals surface area contributed by atoms with E-state index in [9.17, 15) is 9.59 Å². The van der Waals surface area contributed by atoms with Gasteiger partial charge in [0, 0.05) is 37.5 Å². The van der Waals surface area contributed by atoms with E-state index in [1.807, 2.05) is 4.90 Å². The highest BCUT2D eigenvalue weighted by Crippen LogP contribution is 2.32. The van der Waals surface area contributed by atoms with Crippen LogP contribution in [-0.2, 0) is 22.7 Å². The zero-order valence-corrected chi connectivity index (χ0v) is 16.6. The summed E-state index contributed by atoms with van der Waals surface area (Å²) in [6.45, 7) is 9.81. The molecule has 1 aromatic rings. The smallest absolute Gasteiger partial charge is 0.223 e. The molecule has 2 amide bonds. The molecule has 0 unspecified atom stereocenters. The van der Waals surface area contributed by atoms with Crippen molar-refractivity contribution >= 4 is 27.7 Å². The highest BCUT2D eigenvalue weighted by molar-refractivity contribution is 9.10. The number of hydrogen-bond acceptors (Lipinski definition) is 2. The molecule has 0 aliphatic carbocycles. The zero-order valence-electron chi connectivity index (χ0n) is 15.0. The second-order valence-corrected chi connectivity index (χ2v) is 8.01. The largest absolute Gasteiger partial charge is 0.356 e. The van der Waals surface area contributed by atoms with Gasteiger partial charge in [-0.3, -0.25) is 9.59 Å². The second kappa shape index (κ2) is 8.15. The minimum Gasteiger partial charge on any atom is -0.356 e. The summed E-state index contributed by atoms with van der Waals surface area (Å²) in [7, 11) is 0. The van der Waals surface area contributed by atoms with Gasteiger partial charge in [0.1, 0.15) is 0 Å². The maximum Gasteiger partial charge on any atom is 0.223 e. The fourth-order valence-electron chi connectivity index (χ4n) is 3.30. The van der Waals surface area contributed by atoms with E-state index in [-0.39, 0.29) is 17.7 Å². The van der Waals surface area contributed by atoms with E-state index in [4.69, 9.17) is 0 Å². The highest BCUT2D eigenvalue weighted by Gasteiger charge is 2.27. The molecule has 0 saturated carbocycles. The van der Waals surface area contributed by atoms with Crippen LogP contribution >= 0.6 is 15.9 Å². The topological polar surface area (TPSA) is 49.4 Å². The van der Waals surface area contributed by atoms with E-state index in [0.29, 0.717) is 32.0 Å². The molecule has 1 aromatic carbocycles. The number of hydrogen-bond donors (Lipinski definition) is 1. The lowest BCUT2D eigenvalue weighted by Gasteiger charge is -2.22. The highest BCUT2D eigenvalue weighted by atomic mass is 79.9. The lowest BCUT2D eigenvalue weighted by atomic mass is 9.93. The lowest BCUT2D eigenvalue weighted by molar-refractivity contribution is -0.133. The maximum atomic E-state index is 12.7. The van der Waals surface area contributed by atoms with E-state index >= 15 is 0 Å². The molecular weight excluding hydrogens is 368 g/mol. The Labute approximate surface area is 153 Å². The van der Waals surface area contributed by atoms with E-state index in [0.717, 1.165) is 10.9 Å². The summed E-state index contributed by atoms with van der Waals surface area (Å²) in [6, 6.07) is 4.21. The molecule has 24 heavy (non-hydrogen) atoms. The van der Waals surface area contributed by atoms with Crippen LogP contribution in [-0.4, -0.2) is 23.3 Å². The maximum absolute atomic E-state index is 12.7. The molecule has 0 fully saturated rings. The van der Waals surface area contributed by atoms with Crippen LogP contribution in [0.3, 0.4) is 0 Å². The first kappa shape index (κ1) is 19.0. The summed E-state index contributed by atoms with van der Waals surface area (Å²) in [6.07, 6.45) is 1.43. The van der Waals surface area contributed by atoms with Crippen molar-refractivity contribution in [2.24, 2.45) is 11.8 Å². The summed E-state index contributed by atoms with van der Waals surface area (Å²) >= 11 is 3.65. The number of carbonyl (C=O) groups is 2. The van der Waals surface area contributed by atoms with Crippen molar-refractivity contribution in [3.05, 3.63) is 33.3 Å². The molecule has 5 heteroatoms. The molecule has 132 valence electrons. The third-order valence-corrected chi connectivity index (χ3v) is 5.61. The number of rotatable bonds is 6. The van der Waals surface area contributed by atoms with Crippen molar-refractivity contribution in [2.45, 2.75) is 53.6 Å². The number of aryl methyl sites for hydroxylation is 1. The van der Waals surface area contributed by atoms with Gasteiger partial charge in [0.05, 0.1) is 0 Å². The Bertz CT molecular complexity index is 628. The zero-order chi connectivity index (χ0) is 17.9. The molecule has 1 aliphatic heterocycles. The average Bonchev–Trinajstić information content (AvgIpc) is 2.93. The molecule has 0 bridgehead atoms. The first-order valence-electron chi connectivity index (χ1n) is 8.57. The fraction of sp³-hybridized carbons (Fsp3) is 0.579. The Balaban J connectivity index is 2.00. The molecule has 1 heterocycles. The SMILES string of the molecule is CC(=O)NC[C@H](CC(=O)N1Cc2ccc(C)c(Br)c2C1)CC(C)C. The average molecular weight is 395 g/mol. The minimum absolute atomic E-state index is 0.0378. The van der Waals surface area contributed by atoms with Crippen LogP contribution in [0.1, 0.15) is 50.3 Å². The lowest BCUT2D eigenvalue weighted by Crippen LogP contribution is -2.33. The number of halogens is 1. The van der Waals surface area contributed by atoms with Crippen molar-refractivity contribution in [1.29, 1.82) is 0 Å². The predicted molar refractivity (Wildman–Crippen MR) is 99.4 cm³/mol. The first-order chi connectivity index (χ1) is 11.3. The molecule has 1 N–H and O–H groups in total. The van der Waals surface area contributed by atoms with E-state index < -0.39 is 0 Å². The number of nitrogens with zero attached hydrogens (tertiary/aromatic N) is 1. The van der Waals surface area contributed by atoms with Gasteiger partial charge in [0.25, 0.3) is 0 Å². The Hall–Kier alpha value is -1.36. The standard InChI is InChI=1S/C19H27BrN2O2/c1-12(2)7-15(9-21-14(4)23)8-18(24)22-10-16-6-5-13(3)19(20)17(16)11-22/h5-6,12,15H,7-11H2,1-4H3,(H,21,23)/t15-/m0/s1. The number of fused-ring (bicyclic) bond motifs is 1. The van der Waals surface area contributed by atoms with Crippen LogP contribution in [0.15, 0.2) is 16.6 Å². The Morgan fingerprint density at radius 1 is 1.29 bits per heavy atom. The molecule has 2 rings (SSSR count). The van der Waals surface area contributed by atoms with Gasteiger partial charge < -0.3 is 10.2 Å². The normalized spacial score (nSPS) is 14.7. The van der Waals surface area contributed by atoms with Crippen LogP contribution in [0.4, 0.5) is 0 Å². The van der Waals surface area contributed by atoms with E-state index in [1.54, 1.807) is 0 Å². The number of nitrogens with one attached hydrogen (secondary N) is 1. The van der Waals surface area contributed by atoms with Gasteiger partial charge in [0.2, 0.25) is 11.8 Å². The third kappa shape index (κ3) is 4.82. The Morgan fingerprint density at radius 3 is 2.62 bits per heavy atom. The van der Waals surface area contributed by atoms with Crippen molar-refractivity contribution in [3.8, 4) is 0 Å². The predicted octanol–water partition coefficient (Wildman–Crippen LogP) is 3.79. The Morgan fingerprint density at radius 2 is 2.00 bits per heavy atom. The molecule has 0 spiro atoms. The number of amides is 2. The van der Waals surface area contributed by atoms with Crippen molar-refractivity contribution in [2.75, 3.05) is 6.54 Å². The fourth-order valence-corrected chi connectivity index (χ4v) is 3.81. The van der Waals surface area contributed by atoms with Gasteiger partial charge in [-0.1, -0.05) is 41.9 Å². The van der Waals surface area contributed by atoms with Crippen molar-refractivity contribution < 1.29 is 9.59 Å². The number of benzene rings is 1. The van der Waals surface area contributed by atoms with Crippen molar-refractivity contribution in [1.82, 2.24) is 10.2 Å². The summed E-state index contributed by atoms with van der Waals surface area (Å²) < 4.78 is 1.12. The van der Waals surface area contributed by atoms with Gasteiger partial charge >= 0.3 is 0 Å². The van der Waals surface area contributed by atoms with Crippen LogP contribution in [0.5, 0.6) is 0 Å². The number of carbonyl (C=O) groups excluding carboxylic acids is 2. The van der Waals surface area contributed by atoms with Crippen molar-refractivity contribution in [3.63, 3.8) is 0 Å². The summed E-state index contributed by atoms with van der Waals surface area (Å²) in [5.41, 5.74) is 3.65. The molecule has 1 aliphatic rings. The van der Waals surface area contributed by atoms with Crippen LogP contribution < -0.4 is 5.32 Å². The molecule has 1 atom stereocenters. The van der Waals surface area contributed by atoms with Gasteiger partial charge in [0.15, 0.2) is 0 Å². The van der Waals surface area contributed by atoms with Gasteiger partial charge in [-0.2, -0.15) is 0 Å². The summed E-state index contributed by atoms with van der Waals surface area (Å²) in [5.74, 6) is 0.829. The second-order valence-electron chi connectivity index (χ2n) is 7.22. The summed E-state index contributed by atoms with van der Waals surface area (Å²) in [4.78, 5) is 25.9. The Kier molecular flexibility index (Phi) is 6.44. The molecule has 4 nitrogen and oxygen atoms in total. The molecule has 0 saturated heterocycles. The van der Waals surface area contributed by atoms with Gasteiger partial charge in [-0.05, 0) is 41.9 Å². The molecular formula is C19H27BrN2O2. The third-order valence-electron chi connectivity index (χ3n) is 4.50. The summed E-state index contributed by atoms with van der Waals surface area (Å²) in [5, 5.41) is 2.86. The van der Waals surface area contributed by atoms with E-state index in [2.05, 4.69) is 54.2 Å². The molecule has 0 aromatic heterocycles. The quantitative estimate of drug-likeness (QED) is 0.797. The van der Waals surface area contributed by atoms with Crippen LogP contribution in [0, 0.1) is 18.8 Å². The van der Waals surface area contributed by atoms with Crippen LogP contribution in [0.25, 0.3) is 0 Å². The minimum atomic E-state index is -0.0378. The molecule has 0 radical (unpaired) electrons. The van der Waals surface area contributed by atoms with Crippen LogP contribution in [0.2, 0.25) is 0 Å². The van der Waals surface area contributed by atoms with Gasteiger partial charge in [-0.15, -0.1) is 0 Å².